The van der Waals surface area contributed by atoms with Gasteiger partial charge in [-0.05, 0) is 36.2 Å². The van der Waals surface area contributed by atoms with Crippen LogP contribution in [-0.2, 0) is 4.79 Å². The van der Waals surface area contributed by atoms with Crippen molar-refractivity contribution in [1.82, 2.24) is 9.80 Å². The van der Waals surface area contributed by atoms with Crippen molar-refractivity contribution in [2.24, 2.45) is 0 Å². The largest absolute Gasteiger partial charge is 0.317 e. The molecule has 0 spiro atoms. The molecule has 0 unspecified atom stereocenters. The van der Waals surface area contributed by atoms with E-state index in [2.05, 4.69) is 6.92 Å². The molecular weight excluding hydrogens is 264 g/mol. The number of carbonyl (C=O) groups excluding carboxylic acids is 1. The Labute approximate surface area is 117 Å². The summed E-state index contributed by atoms with van der Waals surface area (Å²) in [6.45, 7) is 2.82. The number of hydrogen-bond donors (Lipinski definition) is 0. The zero-order valence-corrected chi connectivity index (χ0v) is 12.2. The first-order valence-electron chi connectivity index (χ1n) is 6.00. The summed E-state index contributed by atoms with van der Waals surface area (Å²) in [5.41, 5.74) is 0.665. The molecule has 0 radical (unpaired) electrons. The quantitative estimate of drug-likeness (QED) is 0.626. The predicted molar refractivity (Wildman–Crippen MR) is 79.3 cm³/mol. The molecule has 3 nitrogen and oxygen atoms in total. The number of carbonyl (C=O) groups is 1. The topological polar surface area (TPSA) is 23.6 Å². The Balaban J connectivity index is 2.23. The van der Waals surface area contributed by atoms with Gasteiger partial charge in [0.05, 0.1) is 0 Å². The van der Waals surface area contributed by atoms with Gasteiger partial charge in [-0.3, -0.25) is 9.69 Å². The molecule has 0 bridgehead atoms. The van der Waals surface area contributed by atoms with E-state index in [0.29, 0.717) is 17.4 Å². The Kier molecular flexibility index (Phi) is 4.14. The van der Waals surface area contributed by atoms with Crippen LogP contribution < -0.4 is 0 Å². The Bertz CT molecular complexity index is 479. The molecule has 1 aromatic heterocycles. The second-order valence-electron chi connectivity index (χ2n) is 4.20. The van der Waals surface area contributed by atoms with Crippen molar-refractivity contribution < 1.29 is 4.79 Å². The van der Waals surface area contributed by atoms with Crippen LogP contribution in [-0.4, -0.2) is 34.4 Å². The Morgan fingerprint density at radius 1 is 1.50 bits per heavy atom. The predicted octanol–water partition coefficient (Wildman–Crippen LogP) is 2.95. The molecule has 0 saturated carbocycles. The molecule has 1 aromatic rings. The summed E-state index contributed by atoms with van der Waals surface area (Å²) < 4.78 is 0. The first-order chi connectivity index (χ1) is 8.65. The van der Waals surface area contributed by atoms with Crippen LogP contribution in [0, 0.1) is 0 Å². The van der Waals surface area contributed by atoms with Crippen LogP contribution in [0.15, 0.2) is 23.2 Å². The Morgan fingerprint density at radius 3 is 2.89 bits per heavy atom. The van der Waals surface area contributed by atoms with Crippen molar-refractivity contribution in [2.45, 2.75) is 19.8 Å². The zero-order chi connectivity index (χ0) is 13.1. The minimum atomic E-state index is 0.0179. The van der Waals surface area contributed by atoms with Crippen molar-refractivity contribution in [2.75, 3.05) is 13.6 Å². The number of amides is 1. The monoisotopic (exact) mass is 280 g/mol. The fourth-order valence-electron chi connectivity index (χ4n) is 1.83. The lowest BCUT2D eigenvalue weighted by atomic mass is 10.3. The highest BCUT2D eigenvalue weighted by molar-refractivity contribution is 7.80. The summed E-state index contributed by atoms with van der Waals surface area (Å²) in [4.78, 5) is 16.9. The molecule has 2 rings (SSSR count). The summed E-state index contributed by atoms with van der Waals surface area (Å²) in [7, 11) is 1.85. The first-order valence-corrected chi connectivity index (χ1v) is 7.28. The maximum absolute atomic E-state index is 12.3. The Morgan fingerprint density at radius 2 is 2.28 bits per heavy atom. The lowest BCUT2D eigenvalue weighted by molar-refractivity contribution is -0.122. The van der Waals surface area contributed by atoms with Crippen molar-refractivity contribution >= 4 is 40.7 Å². The van der Waals surface area contributed by atoms with Crippen LogP contribution >= 0.6 is 23.6 Å². The number of unbranched alkanes of at least 4 members (excludes halogenated alkanes) is 1. The van der Waals surface area contributed by atoms with E-state index in [4.69, 9.17) is 12.2 Å². The second-order valence-corrected chi connectivity index (χ2v) is 5.54. The highest BCUT2D eigenvalue weighted by Crippen LogP contribution is 2.23. The maximum Gasteiger partial charge on any atom is 0.276 e. The van der Waals surface area contributed by atoms with E-state index in [1.165, 1.54) is 0 Å². The number of thiophene rings is 1. The molecule has 1 fully saturated rings. The summed E-state index contributed by atoms with van der Waals surface area (Å²) >= 11 is 6.94. The third kappa shape index (κ3) is 2.47. The molecular formula is C13H16N2OS2. The number of hydrogen-bond acceptors (Lipinski definition) is 3. The van der Waals surface area contributed by atoms with Gasteiger partial charge in [0, 0.05) is 18.5 Å². The van der Waals surface area contributed by atoms with Gasteiger partial charge >= 0.3 is 0 Å². The number of nitrogens with zero attached hydrogens (tertiary/aromatic N) is 2. The Hall–Kier alpha value is -1.20. The van der Waals surface area contributed by atoms with E-state index in [1.54, 1.807) is 21.1 Å². The molecule has 18 heavy (non-hydrogen) atoms. The molecule has 1 aliphatic heterocycles. The summed E-state index contributed by atoms with van der Waals surface area (Å²) in [6, 6.07) is 3.97. The molecule has 1 saturated heterocycles. The van der Waals surface area contributed by atoms with Crippen LogP contribution in [0.4, 0.5) is 0 Å². The maximum atomic E-state index is 12.3. The van der Waals surface area contributed by atoms with Crippen LogP contribution in [0.5, 0.6) is 0 Å². The van der Waals surface area contributed by atoms with Crippen LogP contribution in [0.1, 0.15) is 24.6 Å². The minimum Gasteiger partial charge on any atom is -0.317 e. The normalized spacial score (nSPS) is 18.2. The van der Waals surface area contributed by atoms with Gasteiger partial charge in [-0.25, -0.2) is 0 Å². The van der Waals surface area contributed by atoms with Gasteiger partial charge in [0.1, 0.15) is 5.70 Å². The molecule has 2 heterocycles. The third-order valence-electron chi connectivity index (χ3n) is 2.90. The zero-order valence-electron chi connectivity index (χ0n) is 10.5. The molecule has 0 N–H and O–H groups in total. The van der Waals surface area contributed by atoms with E-state index >= 15 is 0 Å². The number of thiocarbonyl (C=S) groups is 1. The number of likely N-dealkylation sites (N-methyl/N-ethyl adjacent to an activating group) is 1. The highest BCUT2D eigenvalue weighted by Gasteiger charge is 2.34. The van der Waals surface area contributed by atoms with Crippen LogP contribution in [0.25, 0.3) is 6.08 Å². The summed E-state index contributed by atoms with van der Waals surface area (Å²) in [5.74, 6) is 0.0179. The molecule has 1 amide bonds. The van der Waals surface area contributed by atoms with Gasteiger partial charge in [0.15, 0.2) is 5.11 Å². The standard InChI is InChI=1S/C13H16N2OS2/c1-3-4-7-15-12(16)11(14(2)13(15)17)9-10-6-5-8-18-10/h5-6,8-9H,3-4,7H2,1-2H3/b11-9+. The third-order valence-corrected chi connectivity index (χ3v) is 4.21. The van der Waals surface area contributed by atoms with E-state index in [0.717, 1.165) is 17.7 Å². The van der Waals surface area contributed by atoms with E-state index in [1.807, 2.05) is 30.6 Å². The molecule has 0 aliphatic carbocycles. The molecule has 1 aliphatic rings. The van der Waals surface area contributed by atoms with Crippen molar-refractivity contribution in [3.05, 3.63) is 28.1 Å². The van der Waals surface area contributed by atoms with Gasteiger partial charge in [-0.2, -0.15) is 0 Å². The first kappa shape index (κ1) is 13.2. The van der Waals surface area contributed by atoms with Crippen LogP contribution in [0.2, 0.25) is 0 Å². The summed E-state index contributed by atoms with van der Waals surface area (Å²) in [5, 5.41) is 2.61. The van der Waals surface area contributed by atoms with Crippen molar-refractivity contribution in [1.29, 1.82) is 0 Å². The van der Waals surface area contributed by atoms with E-state index < -0.39 is 0 Å². The lowest BCUT2D eigenvalue weighted by Gasteiger charge is -2.15. The highest BCUT2D eigenvalue weighted by atomic mass is 32.1. The van der Waals surface area contributed by atoms with Gasteiger partial charge < -0.3 is 4.90 Å². The van der Waals surface area contributed by atoms with Gasteiger partial charge in [0.2, 0.25) is 0 Å². The van der Waals surface area contributed by atoms with Crippen molar-refractivity contribution in [3.8, 4) is 0 Å². The number of rotatable bonds is 4. The molecule has 96 valence electrons. The van der Waals surface area contributed by atoms with Crippen molar-refractivity contribution in [3.63, 3.8) is 0 Å². The SMILES string of the molecule is CCCCN1C(=O)/C(=C\c2cccs2)N(C)C1=S. The van der Waals surface area contributed by atoms with E-state index in [9.17, 15) is 4.79 Å². The summed E-state index contributed by atoms with van der Waals surface area (Å²) in [6.07, 6.45) is 3.94. The second kappa shape index (κ2) is 5.63. The van der Waals surface area contributed by atoms with Crippen LogP contribution in [0.3, 0.4) is 0 Å². The lowest BCUT2D eigenvalue weighted by Crippen LogP contribution is -2.32. The van der Waals surface area contributed by atoms with E-state index in [-0.39, 0.29) is 5.91 Å². The fourth-order valence-corrected chi connectivity index (χ4v) is 2.76. The molecule has 5 heteroatoms. The van der Waals surface area contributed by atoms with Gasteiger partial charge in [-0.1, -0.05) is 19.4 Å². The molecule has 0 atom stereocenters. The smallest absolute Gasteiger partial charge is 0.276 e. The van der Waals surface area contributed by atoms with Gasteiger partial charge in [0.25, 0.3) is 5.91 Å². The average molecular weight is 280 g/mol. The average Bonchev–Trinajstić information content (AvgIpc) is 2.93. The fraction of sp³-hybridized carbons (Fsp3) is 0.385. The molecule has 0 aromatic carbocycles. The minimum absolute atomic E-state index is 0.0179. The van der Waals surface area contributed by atoms with Gasteiger partial charge in [-0.15, -0.1) is 11.3 Å².